The molecule has 1 amide bonds. The van der Waals surface area contributed by atoms with Crippen molar-refractivity contribution in [1.29, 1.82) is 0 Å². The Labute approximate surface area is 184 Å². The number of amides is 1. The number of hydrogen-bond donors (Lipinski definition) is 2. The summed E-state index contributed by atoms with van der Waals surface area (Å²) in [5, 5.41) is 4.76. The van der Waals surface area contributed by atoms with Gasteiger partial charge in [0.15, 0.2) is 5.13 Å². The summed E-state index contributed by atoms with van der Waals surface area (Å²) in [4.78, 5) is 16.2. The summed E-state index contributed by atoms with van der Waals surface area (Å²) in [5.41, 5.74) is 1.68. The van der Waals surface area contributed by atoms with Crippen molar-refractivity contribution in [3.63, 3.8) is 0 Å². The van der Waals surface area contributed by atoms with Gasteiger partial charge in [0, 0.05) is 18.3 Å². The molecule has 0 aliphatic heterocycles. The highest BCUT2D eigenvalue weighted by atomic mass is 32.2. The predicted molar refractivity (Wildman–Crippen MR) is 117 cm³/mol. The molecule has 7 nitrogen and oxygen atoms in total. The zero-order valence-corrected chi connectivity index (χ0v) is 18.4. The van der Waals surface area contributed by atoms with Crippen molar-refractivity contribution in [3.05, 3.63) is 71.0 Å². The Balaban J connectivity index is 1.45. The minimum Gasteiger partial charge on any atom is -0.497 e. The summed E-state index contributed by atoms with van der Waals surface area (Å²) >= 11 is 1.13. The number of anilines is 1. The summed E-state index contributed by atoms with van der Waals surface area (Å²) < 4.78 is 45.2. The Hall–Kier alpha value is -2.98. The first kappa shape index (κ1) is 22.7. The minimum atomic E-state index is -3.85. The Morgan fingerprint density at radius 1 is 1.16 bits per heavy atom. The molecule has 0 saturated carbocycles. The number of carbonyl (C=O) groups excluding carboxylic acids is 1. The lowest BCUT2D eigenvalue weighted by atomic mass is 10.1. The summed E-state index contributed by atoms with van der Waals surface area (Å²) in [5.74, 6) is 0.153. The number of thiazole rings is 1. The SMILES string of the molecule is COc1cccc(CCNC(=O)CCc2csc(NS(=O)(=O)c3ccc(F)cc3)n2)c1. The first-order valence-corrected chi connectivity index (χ1v) is 11.8. The van der Waals surface area contributed by atoms with Crippen LogP contribution in [0.3, 0.4) is 0 Å². The van der Waals surface area contributed by atoms with Gasteiger partial charge in [-0.2, -0.15) is 0 Å². The average Bonchev–Trinajstić information content (AvgIpc) is 3.19. The van der Waals surface area contributed by atoms with Gasteiger partial charge >= 0.3 is 0 Å². The number of carbonyl (C=O) groups is 1. The highest BCUT2D eigenvalue weighted by Gasteiger charge is 2.16. The fraction of sp³-hybridized carbons (Fsp3) is 0.238. The van der Waals surface area contributed by atoms with E-state index in [2.05, 4.69) is 15.0 Å². The van der Waals surface area contributed by atoms with Crippen LogP contribution in [0.4, 0.5) is 9.52 Å². The molecule has 2 N–H and O–H groups in total. The lowest BCUT2D eigenvalue weighted by molar-refractivity contribution is -0.121. The number of benzene rings is 2. The zero-order chi connectivity index (χ0) is 22.3. The van der Waals surface area contributed by atoms with Crippen LogP contribution >= 0.6 is 11.3 Å². The van der Waals surface area contributed by atoms with Gasteiger partial charge in [0.05, 0.1) is 17.7 Å². The molecule has 0 atom stereocenters. The number of hydrogen-bond acceptors (Lipinski definition) is 6. The Morgan fingerprint density at radius 3 is 2.68 bits per heavy atom. The van der Waals surface area contributed by atoms with Gasteiger partial charge in [-0.15, -0.1) is 11.3 Å². The molecule has 164 valence electrons. The van der Waals surface area contributed by atoms with E-state index in [1.165, 1.54) is 12.1 Å². The van der Waals surface area contributed by atoms with E-state index in [-0.39, 0.29) is 22.4 Å². The van der Waals surface area contributed by atoms with Crippen molar-refractivity contribution < 1.29 is 22.3 Å². The van der Waals surface area contributed by atoms with Crippen LogP contribution in [0, 0.1) is 5.82 Å². The van der Waals surface area contributed by atoms with Crippen molar-refractivity contribution in [3.8, 4) is 5.75 Å². The molecule has 31 heavy (non-hydrogen) atoms. The number of sulfonamides is 1. The summed E-state index contributed by atoms with van der Waals surface area (Å²) in [6, 6.07) is 12.2. The smallest absolute Gasteiger partial charge is 0.263 e. The largest absolute Gasteiger partial charge is 0.497 e. The van der Waals surface area contributed by atoms with Crippen LogP contribution in [-0.4, -0.2) is 33.0 Å². The van der Waals surface area contributed by atoms with Gasteiger partial charge in [-0.3, -0.25) is 9.52 Å². The fourth-order valence-corrected chi connectivity index (χ4v) is 4.76. The third-order valence-corrected chi connectivity index (χ3v) is 6.67. The topological polar surface area (TPSA) is 97.4 Å². The molecule has 3 aromatic rings. The second-order valence-corrected chi connectivity index (χ2v) is 9.20. The third kappa shape index (κ3) is 6.76. The first-order chi connectivity index (χ1) is 14.9. The van der Waals surface area contributed by atoms with Gasteiger partial charge in [0.2, 0.25) is 5.91 Å². The van der Waals surface area contributed by atoms with Crippen molar-refractivity contribution >= 4 is 32.4 Å². The van der Waals surface area contributed by atoms with Crippen LogP contribution in [-0.2, 0) is 27.7 Å². The van der Waals surface area contributed by atoms with Crippen LogP contribution in [0.1, 0.15) is 17.7 Å². The van der Waals surface area contributed by atoms with Gasteiger partial charge in [0.25, 0.3) is 10.0 Å². The Morgan fingerprint density at radius 2 is 1.94 bits per heavy atom. The number of aryl methyl sites for hydroxylation is 1. The van der Waals surface area contributed by atoms with Crippen LogP contribution in [0.2, 0.25) is 0 Å². The fourth-order valence-electron chi connectivity index (χ4n) is 2.76. The van der Waals surface area contributed by atoms with E-state index in [1.807, 2.05) is 24.3 Å². The summed E-state index contributed by atoms with van der Waals surface area (Å²) in [6.07, 6.45) is 1.32. The second-order valence-electron chi connectivity index (χ2n) is 6.65. The number of nitrogens with zero attached hydrogens (tertiary/aromatic N) is 1. The molecule has 0 saturated heterocycles. The van der Waals surface area contributed by atoms with Crippen molar-refractivity contribution in [2.75, 3.05) is 18.4 Å². The number of aromatic nitrogens is 1. The molecule has 0 bridgehead atoms. The molecule has 0 aliphatic rings. The number of rotatable bonds is 10. The molecule has 0 radical (unpaired) electrons. The highest BCUT2D eigenvalue weighted by molar-refractivity contribution is 7.93. The van der Waals surface area contributed by atoms with Crippen LogP contribution in [0.15, 0.2) is 58.8 Å². The second kappa shape index (κ2) is 10.4. The van der Waals surface area contributed by atoms with E-state index >= 15 is 0 Å². The van der Waals surface area contributed by atoms with Crippen LogP contribution in [0.25, 0.3) is 0 Å². The van der Waals surface area contributed by atoms with E-state index in [0.717, 1.165) is 34.8 Å². The molecule has 1 heterocycles. The lowest BCUT2D eigenvalue weighted by Crippen LogP contribution is -2.25. The van der Waals surface area contributed by atoms with Crippen molar-refractivity contribution in [2.24, 2.45) is 0 Å². The maximum absolute atomic E-state index is 13.0. The molecule has 2 aromatic carbocycles. The quantitative estimate of drug-likeness (QED) is 0.480. The van der Waals surface area contributed by atoms with Crippen LogP contribution < -0.4 is 14.8 Å². The zero-order valence-electron chi connectivity index (χ0n) is 16.8. The average molecular weight is 464 g/mol. The molecule has 1 aromatic heterocycles. The maximum Gasteiger partial charge on any atom is 0.263 e. The summed E-state index contributed by atoms with van der Waals surface area (Å²) in [7, 11) is -2.24. The van der Waals surface area contributed by atoms with E-state index in [0.29, 0.717) is 25.1 Å². The normalized spacial score (nSPS) is 11.2. The molecule has 0 spiro atoms. The molecule has 3 rings (SSSR count). The standard InChI is InChI=1S/C21H22FN3O4S2/c1-29-18-4-2-3-15(13-18)11-12-23-20(26)10-7-17-14-30-21(24-17)25-31(27,28)19-8-5-16(22)6-9-19/h2-6,8-9,13-14H,7,10-12H2,1H3,(H,23,26)(H,24,25). The van der Waals surface area contributed by atoms with Crippen molar-refractivity contribution in [1.82, 2.24) is 10.3 Å². The van der Waals surface area contributed by atoms with E-state index < -0.39 is 15.8 Å². The maximum atomic E-state index is 13.0. The van der Waals surface area contributed by atoms with Gasteiger partial charge < -0.3 is 10.1 Å². The highest BCUT2D eigenvalue weighted by Crippen LogP contribution is 2.21. The van der Waals surface area contributed by atoms with E-state index in [4.69, 9.17) is 4.74 Å². The lowest BCUT2D eigenvalue weighted by Gasteiger charge is -2.06. The number of nitrogens with one attached hydrogen (secondary N) is 2. The third-order valence-electron chi connectivity index (χ3n) is 4.38. The molecule has 0 aliphatic carbocycles. The van der Waals surface area contributed by atoms with Gasteiger partial charge in [0.1, 0.15) is 11.6 Å². The Kier molecular flexibility index (Phi) is 7.59. The number of halogens is 1. The van der Waals surface area contributed by atoms with Gasteiger partial charge in [-0.25, -0.2) is 17.8 Å². The van der Waals surface area contributed by atoms with E-state index in [1.54, 1.807) is 12.5 Å². The van der Waals surface area contributed by atoms with E-state index in [9.17, 15) is 17.6 Å². The summed E-state index contributed by atoms with van der Waals surface area (Å²) in [6.45, 7) is 0.506. The predicted octanol–water partition coefficient (Wildman–Crippen LogP) is 3.38. The number of methoxy groups -OCH3 is 1. The molecule has 10 heteroatoms. The number of ether oxygens (including phenoxy) is 1. The Bertz CT molecular complexity index is 1130. The van der Waals surface area contributed by atoms with Crippen molar-refractivity contribution in [2.45, 2.75) is 24.2 Å². The van der Waals surface area contributed by atoms with Crippen LogP contribution in [0.5, 0.6) is 5.75 Å². The monoisotopic (exact) mass is 463 g/mol. The molecular formula is C21H22FN3O4S2. The minimum absolute atomic E-state index is 0.0546. The molecule has 0 unspecified atom stereocenters. The van der Waals surface area contributed by atoms with Gasteiger partial charge in [-0.1, -0.05) is 12.1 Å². The van der Waals surface area contributed by atoms with Gasteiger partial charge in [-0.05, 0) is 54.8 Å². The first-order valence-electron chi connectivity index (χ1n) is 9.48. The molecule has 0 fully saturated rings. The molecular weight excluding hydrogens is 441 g/mol.